The van der Waals surface area contributed by atoms with Crippen LogP contribution in [0, 0.1) is 11.8 Å². The molecule has 0 bridgehead atoms. The van der Waals surface area contributed by atoms with E-state index in [9.17, 15) is 0 Å². The van der Waals surface area contributed by atoms with Crippen molar-refractivity contribution in [2.24, 2.45) is 11.8 Å². The van der Waals surface area contributed by atoms with Gasteiger partial charge in [-0.3, -0.25) is 4.98 Å². The van der Waals surface area contributed by atoms with Crippen LogP contribution in [-0.4, -0.2) is 11.5 Å². The van der Waals surface area contributed by atoms with Crippen LogP contribution >= 0.6 is 0 Å². The number of pyridine rings is 1. The molecular formula is C16H24N2. The molecule has 1 heterocycles. The molecule has 0 amide bonds. The van der Waals surface area contributed by atoms with Gasteiger partial charge in [0.1, 0.15) is 0 Å². The number of nitrogens with zero attached hydrogens (tertiary/aromatic N) is 1. The SMILES string of the molecule is CC1=CC(C)CC(CN[C@@H](C)c2ccccn2)C1. The molecule has 1 aliphatic rings. The summed E-state index contributed by atoms with van der Waals surface area (Å²) in [5.74, 6) is 1.51. The van der Waals surface area contributed by atoms with Gasteiger partial charge in [0.2, 0.25) is 0 Å². The van der Waals surface area contributed by atoms with Crippen LogP contribution in [0.4, 0.5) is 0 Å². The van der Waals surface area contributed by atoms with Crippen LogP contribution in [0.5, 0.6) is 0 Å². The number of aromatic nitrogens is 1. The lowest BCUT2D eigenvalue weighted by atomic mass is 9.83. The number of rotatable bonds is 4. The predicted molar refractivity (Wildman–Crippen MR) is 76.3 cm³/mol. The molecule has 18 heavy (non-hydrogen) atoms. The quantitative estimate of drug-likeness (QED) is 0.816. The van der Waals surface area contributed by atoms with Gasteiger partial charge >= 0.3 is 0 Å². The van der Waals surface area contributed by atoms with Crippen molar-refractivity contribution in [3.63, 3.8) is 0 Å². The second-order valence-corrected chi connectivity index (χ2v) is 5.68. The Balaban J connectivity index is 1.83. The zero-order chi connectivity index (χ0) is 13.0. The van der Waals surface area contributed by atoms with Crippen LogP contribution in [0.25, 0.3) is 0 Å². The van der Waals surface area contributed by atoms with Crippen molar-refractivity contribution >= 4 is 0 Å². The first kappa shape index (κ1) is 13.3. The molecule has 2 rings (SSSR count). The Morgan fingerprint density at radius 1 is 1.44 bits per heavy atom. The fourth-order valence-electron chi connectivity index (χ4n) is 2.92. The van der Waals surface area contributed by atoms with Crippen LogP contribution in [0.15, 0.2) is 36.0 Å². The maximum absolute atomic E-state index is 4.40. The molecule has 0 saturated carbocycles. The second kappa shape index (κ2) is 6.14. The molecule has 2 unspecified atom stereocenters. The minimum atomic E-state index is 0.340. The molecule has 1 aromatic heterocycles. The summed E-state index contributed by atoms with van der Waals surface area (Å²) in [6.45, 7) is 7.85. The van der Waals surface area contributed by atoms with E-state index in [2.05, 4.69) is 49.3 Å². The van der Waals surface area contributed by atoms with Crippen molar-refractivity contribution in [2.45, 2.75) is 39.7 Å². The molecule has 1 aliphatic carbocycles. The number of nitrogens with one attached hydrogen (secondary N) is 1. The van der Waals surface area contributed by atoms with Gasteiger partial charge in [-0.1, -0.05) is 24.6 Å². The summed E-state index contributed by atoms with van der Waals surface area (Å²) in [7, 11) is 0. The third kappa shape index (κ3) is 3.67. The zero-order valence-corrected chi connectivity index (χ0v) is 11.7. The molecule has 0 aromatic carbocycles. The molecule has 1 aromatic rings. The average Bonchev–Trinajstić information content (AvgIpc) is 2.36. The van der Waals surface area contributed by atoms with Gasteiger partial charge in [-0.05, 0) is 57.2 Å². The Hall–Kier alpha value is -1.15. The van der Waals surface area contributed by atoms with Crippen molar-refractivity contribution in [1.82, 2.24) is 10.3 Å². The number of allylic oxidation sites excluding steroid dienone is 2. The first-order valence-electron chi connectivity index (χ1n) is 6.96. The first-order valence-corrected chi connectivity index (χ1v) is 6.96. The van der Waals surface area contributed by atoms with E-state index in [-0.39, 0.29) is 0 Å². The summed E-state index contributed by atoms with van der Waals surface area (Å²) in [6, 6.07) is 6.45. The van der Waals surface area contributed by atoms with Crippen molar-refractivity contribution < 1.29 is 0 Å². The molecular weight excluding hydrogens is 220 g/mol. The largest absolute Gasteiger partial charge is 0.309 e. The zero-order valence-electron chi connectivity index (χ0n) is 11.7. The van der Waals surface area contributed by atoms with E-state index in [1.165, 1.54) is 12.8 Å². The summed E-state index contributed by atoms with van der Waals surface area (Å²) in [5.41, 5.74) is 2.68. The van der Waals surface area contributed by atoms with E-state index in [0.29, 0.717) is 6.04 Å². The monoisotopic (exact) mass is 244 g/mol. The van der Waals surface area contributed by atoms with Crippen LogP contribution in [0.1, 0.15) is 45.3 Å². The Kier molecular flexibility index (Phi) is 4.54. The Bertz CT molecular complexity index is 397. The normalized spacial score (nSPS) is 25.6. The maximum Gasteiger partial charge on any atom is 0.0570 e. The van der Waals surface area contributed by atoms with E-state index in [1.54, 1.807) is 5.57 Å². The first-order chi connectivity index (χ1) is 8.65. The van der Waals surface area contributed by atoms with Crippen LogP contribution in [0.3, 0.4) is 0 Å². The lowest BCUT2D eigenvalue weighted by Crippen LogP contribution is -2.28. The number of hydrogen-bond acceptors (Lipinski definition) is 2. The standard InChI is InChI=1S/C16H24N2/c1-12-8-13(2)10-15(9-12)11-18-14(3)16-6-4-5-7-17-16/h4-8,12,14-15,18H,9-11H2,1-3H3/t12?,14-,15?/m0/s1. The lowest BCUT2D eigenvalue weighted by molar-refractivity contribution is 0.365. The van der Waals surface area contributed by atoms with Gasteiger partial charge in [-0.25, -0.2) is 0 Å². The minimum absolute atomic E-state index is 0.340. The summed E-state index contributed by atoms with van der Waals surface area (Å²) in [5, 5.41) is 3.62. The predicted octanol–water partition coefficient (Wildman–Crippen LogP) is 3.72. The van der Waals surface area contributed by atoms with E-state index in [1.807, 2.05) is 12.3 Å². The van der Waals surface area contributed by atoms with Crippen molar-refractivity contribution in [3.05, 3.63) is 41.7 Å². The third-order valence-corrected chi connectivity index (χ3v) is 3.73. The number of hydrogen-bond donors (Lipinski definition) is 1. The third-order valence-electron chi connectivity index (χ3n) is 3.73. The van der Waals surface area contributed by atoms with Gasteiger partial charge in [0.05, 0.1) is 5.69 Å². The molecule has 0 radical (unpaired) electrons. The Morgan fingerprint density at radius 2 is 2.28 bits per heavy atom. The highest BCUT2D eigenvalue weighted by Gasteiger charge is 2.18. The van der Waals surface area contributed by atoms with Crippen molar-refractivity contribution in [3.8, 4) is 0 Å². The highest BCUT2D eigenvalue weighted by atomic mass is 14.9. The van der Waals surface area contributed by atoms with Crippen LogP contribution in [-0.2, 0) is 0 Å². The average molecular weight is 244 g/mol. The molecule has 2 heteroatoms. The molecule has 0 spiro atoms. The van der Waals surface area contributed by atoms with Gasteiger partial charge < -0.3 is 5.32 Å². The molecule has 0 fully saturated rings. The summed E-state index contributed by atoms with van der Waals surface area (Å²) < 4.78 is 0. The second-order valence-electron chi connectivity index (χ2n) is 5.68. The fourth-order valence-corrected chi connectivity index (χ4v) is 2.92. The van der Waals surface area contributed by atoms with Crippen LogP contribution in [0.2, 0.25) is 0 Å². The molecule has 2 nitrogen and oxygen atoms in total. The fraction of sp³-hybridized carbons (Fsp3) is 0.562. The van der Waals surface area contributed by atoms with E-state index < -0.39 is 0 Å². The summed E-state index contributed by atoms with van der Waals surface area (Å²) >= 11 is 0. The van der Waals surface area contributed by atoms with Gasteiger partial charge in [0, 0.05) is 12.2 Å². The molecule has 0 aliphatic heterocycles. The van der Waals surface area contributed by atoms with E-state index in [0.717, 1.165) is 24.1 Å². The summed E-state index contributed by atoms with van der Waals surface area (Å²) in [6.07, 6.45) is 6.83. The van der Waals surface area contributed by atoms with E-state index >= 15 is 0 Å². The maximum atomic E-state index is 4.40. The molecule has 0 saturated heterocycles. The Labute approximate surface area is 111 Å². The topological polar surface area (TPSA) is 24.9 Å². The highest BCUT2D eigenvalue weighted by Crippen LogP contribution is 2.27. The van der Waals surface area contributed by atoms with Crippen molar-refractivity contribution in [1.29, 1.82) is 0 Å². The van der Waals surface area contributed by atoms with E-state index in [4.69, 9.17) is 0 Å². The van der Waals surface area contributed by atoms with Gasteiger partial charge in [-0.15, -0.1) is 0 Å². The van der Waals surface area contributed by atoms with Crippen LogP contribution < -0.4 is 5.32 Å². The molecule has 98 valence electrons. The van der Waals surface area contributed by atoms with Gasteiger partial charge in [0.25, 0.3) is 0 Å². The summed E-state index contributed by atoms with van der Waals surface area (Å²) in [4.78, 5) is 4.40. The van der Waals surface area contributed by atoms with Gasteiger partial charge in [0.15, 0.2) is 0 Å². The highest BCUT2D eigenvalue weighted by molar-refractivity contribution is 5.09. The van der Waals surface area contributed by atoms with Gasteiger partial charge in [-0.2, -0.15) is 0 Å². The molecule has 1 N–H and O–H groups in total. The lowest BCUT2D eigenvalue weighted by Gasteiger charge is -2.27. The smallest absolute Gasteiger partial charge is 0.0570 e. The van der Waals surface area contributed by atoms with Crippen molar-refractivity contribution in [2.75, 3.05) is 6.54 Å². The Morgan fingerprint density at radius 3 is 2.94 bits per heavy atom. The minimum Gasteiger partial charge on any atom is -0.309 e. The molecule has 3 atom stereocenters.